The summed E-state index contributed by atoms with van der Waals surface area (Å²) in [6, 6.07) is 20.8. The van der Waals surface area contributed by atoms with Crippen molar-refractivity contribution < 1.29 is 9.52 Å². The molecule has 0 aliphatic carbocycles. The molecule has 4 aromatic carbocycles. The summed E-state index contributed by atoms with van der Waals surface area (Å²) in [6.07, 6.45) is 1.61. The molecule has 0 saturated heterocycles. The Bertz CT molecular complexity index is 1490. The molecule has 1 aromatic heterocycles. The predicted octanol–water partition coefficient (Wildman–Crippen LogP) is 8.28. The molecular formula is C24H13Br2ClN2O2. The average molecular weight is 557 g/mol. The van der Waals surface area contributed by atoms with Gasteiger partial charge in [-0.05, 0) is 63.8 Å². The quantitative estimate of drug-likeness (QED) is 0.228. The number of phenolic OH excluding ortho intramolecular Hbond substituents is 1. The van der Waals surface area contributed by atoms with Crippen molar-refractivity contribution in [3.05, 3.63) is 86.3 Å². The minimum absolute atomic E-state index is 0.131. The number of fused-ring (bicyclic) bond motifs is 2. The van der Waals surface area contributed by atoms with Gasteiger partial charge in [0.1, 0.15) is 11.3 Å². The summed E-state index contributed by atoms with van der Waals surface area (Å²) in [5.41, 5.74) is 3.54. The first-order chi connectivity index (χ1) is 15.0. The highest BCUT2D eigenvalue weighted by Crippen LogP contribution is 2.35. The van der Waals surface area contributed by atoms with Crippen LogP contribution in [-0.2, 0) is 0 Å². The fourth-order valence-electron chi connectivity index (χ4n) is 3.40. The Kier molecular flexibility index (Phi) is 5.30. The van der Waals surface area contributed by atoms with Gasteiger partial charge in [-0.15, -0.1) is 0 Å². The lowest BCUT2D eigenvalue weighted by molar-refractivity contribution is 0.471. The zero-order valence-corrected chi connectivity index (χ0v) is 19.7. The van der Waals surface area contributed by atoms with Crippen molar-refractivity contribution in [1.82, 2.24) is 4.98 Å². The smallest absolute Gasteiger partial charge is 0.227 e. The number of phenols is 1. The molecule has 0 saturated carbocycles. The maximum Gasteiger partial charge on any atom is 0.227 e. The molecule has 5 rings (SSSR count). The Labute approximate surface area is 199 Å². The van der Waals surface area contributed by atoms with E-state index < -0.39 is 0 Å². The highest BCUT2D eigenvalue weighted by Gasteiger charge is 2.13. The number of aromatic hydroxyl groups is 1. The van der Waals surface area contributed by atoms with E-state index in [0.717, 1.165) is 20.8 Å². The highest BCUT2D eigenvalue weighted by atomic mass is 79.9. The lowest BCUT2D eigenvalue weighted by atomic mass is 10.0. The second-order valence-corrected chi connectivity index (χ2v) is 9.07. The molecule has 1 heterocycles. The molecule has 0 amide bonds. The molecule has 4 nitrogen and oxygen atoms in total. The zero-order valence-electron chi connectivity index (χ0n) is 15.8. The number of nitrogens with zero attached hydrogens (tertiary/aromatic N) is 2. The predicted molar refractivity (Wildman–Crippen MR) is 133 cm³/mol. The van der Waals surface area contributed by atoms with Crippen molar-refractivity contribution >= 4 is 77.2 Å². The molecule has 31 heavy (non-hydrogen) atoms. The number of rotatable bonds is 3. The van der Waals surface area contributed by atoms with Crippen LogP contribution in [0.1, 0.15) is 5.56 Å². The van der Waals surface area contributed by atoms with Crippen LogP contribution < -0.4 is 0 Å². The van der Waals surface area contributed by atoms with Gasteiger partial charge in [0.25, 0.3) is 0 Å². The van der Waals surface area contributed by atoms with E-state index in [0.29, 0.717) is 37.7 Å². The second kappa shape index (κ2) is 8.11. The van der Waals surface area contributed by atoms with Gasteiger partial charge in [-0.25, -0.2) is 4.98 Å². The van der Waals surface area contributed by atoms with E-state index in [1.807, 2.05) is 54.6 Å². The summed E-state index contributed by atoms with van der Waals surface area (Å²) < 4.78 is 7.44. The number of hydrogen-bond acceptors (Lipinski definition) is 4. The standard InChI is InChI=1S/C24H13Br2ClN2O2/c25-14-9-13(23(30)19(26)10-14)12-28-15-7-8-22-21(11-15)29-24(31-22)18-5-1-4-17-16(18)3-2-6-20(17)27/h1-12,30H. The molecule has 0 fully saturated rings. The molecule has 152 valence electrons. The van der Waals surface area contributed by atoms with Crippen molar-refractivity contribution in [3.63, 3.8) is 0 Å². The summed E-state index contributed by atoms with van der Waals surface area (Å²) in [5, 5.41) is 12.8. The van der Waals surface area contributed by atoms with Crippen LogP contribution >= 0.6 is 43.5 Å². The number of aliphatic imine (C=N–C) groups is 1. The summed E-state index contributed by atoms with van der Waals surface area (Å²) >= 11 is 13.1. The van der Waals surface area contributed by atoms with Gasteiger partial charge in [0.15, 0.2) is 5.58 Å². The van der Waals surface area contributed by atoms with Gasteiger partial charge in [0.05, 0.1) is 10.2 Å². The molecule has 1 N–H and O–H groups in total. The van der Waals surface area contributed by atoms with E-state index in [-0.39, 0.29) is 5.75 Å². The van der Waals surface area contributed by atoms with Gasteiger partial charge in [0, 0.05) is 32.2 Å². The minimum Gasteiger partial charge on any atom is -0.506 e. The van der Waals surface area contributed by atoms with Crippen LogP contribution in [0.4, 0.5) is 5.69 Å². The van der Waals surface area contributed by atoms with Crippen LogP contribution in [0.5, 0.6) is 5.75 Å². The Morgan fingerprint density at radius 2 is 1.77 bits per heavy atom. The van der Waals surface area contributed by atoms with Crippen LogP contribution in [0, 0.1) is 0 Å². The SMILES string of the molecule is Oc1c(Br)cc(Br)cc1C=Nc1ccc2oc(-c3cccc4c(Cl)cccc34)nc2c1. The molecule has 0 bridgehead atoms. The molecule has 0 radical (unpaired) electrons. The first kappa shape index (κ1) is 20.2. The van der Waals surface area contributed by atoms with Crippen molar-refractivity contribution in [2.24, 2.45) is 4.99 Å². The number of halogens is 3. The number of benzene rings is 4. The Morgan fingerprint density at radius 3 is 2.65 bits per heavy atom. The van der Waals surface area contributed by atoms with Crippen molar-refractivity contribution in [3.8, 4) is 17.2 Å². The highest BCUT2D eigenvalue weighted by molar-refractivity contribution is 9.11. The summed E-state index contributed by atoms with van der Waals surface area (Å²) in [6.45, 7) is 0. The maximum absolute atomic E-state index is 10.2. The van der Waals surface area contributed by atoms with Gasteiger partial charge >= 0.3 is 0 Å². The van der Waals surface area contributed by atoms with E-state index in [1.54, 1.807) is 18.3 Å². The van der Waals surface area contributed by atoms with E-state index in [2.05, 4.69) is 41.8 Å². The molecule has 7 heteroatoms. The fraction of sp³-hybridized carbons (Fsp3) is 0. The number of oxazole rings is 1. The molecule has 0 aliphatic rings. The van der Waals surface area contributed by atoms with Crippen LogP contribution in [0.2, 0.25) is 5.02 Å². The fourth-order valence-corrected chi connectivity index (χ4v) is 4.89. The Morgan fingerprint density at radius 1 is 0.968 bits per heavy atom. The molecular weight excluding hydrogens is 544 g/mol. The first-order valence-corrected chi connectivity index (χ1v) is 11.3. The van der Waals surface area contributed by atoms with Gasteiger partial charge < -0.3 is 9.52 Å². The Balaban J connectivity index is 1.54. The lowest BCUT2D eigenvalue weighted by Gasteiger charge is -2.04. The van der Waals surface area contributed by atoms with Crippen molar-refractivity contribution in [2.45, 2.75) is 0 Å². The van der Waals surface area contributed by atoms with Crippen LogP contribution in [0.3, 0.4) is 0 Å². The van der Waals surface area contributed by atoms with E-state index in [9.17, 15) is 5.11 Å². The van der Waals surface area contributed by atoms with Crippen LogP contribution in [0.15, 0.2) is 85.1 Å². The lowest BCUT2D eigenvalue weighted by Crippen LogP contribution is -1.84. The zero-order chi connectivity index (χ0) is 21.5. The van der Waals surface area contributed by atoms with Gasteiger partial charge in [-0.1, -0.05) is 51.8 Å². The van der Waals surface area contributed by atoms with Crippen molar-refractivity contribution in [1.29, 1.82) is 0 Å². The second-order valence-electron chi connectivity index (χ2n) is 6.90. The summed E-state index contributed by atoms with van der Waals surface area (Å²) in [4.78, 5) is 9.16. The first-order valence-electron chi connectivity index (χ1n) is 9.30. The summed E-state index contributed by atoms with van der Waals surface area (Å²) in [7, 11) is 0. The van der Waals surface area contributed by atoms with Crippen LogP contribution in [-0.4, -0.2) is 16.3 Å². The minimum atomic E-state index is 0.131. The monoisotopic (exact) mass is 554 g/mol. The van der Waals surface area contributed by atoms with Crippen LogP contribution in [0.25, 0.3) is 33.3 Å². The molecule has 0 spiro atoms. The molecule has 5 aromatic rings. The molecule has 0 unspecified atom stereocenters. The topological polar surface area (TPSA) is 58.6 Å². The molecule has 0 atom stereocenters. The van der Waals surface area contributed by atoms with Gasteiger partial charge in [-0.2, -0.15) is 0 Å². The third-order valence-electron chi connectivity index (χ3n) is 4.88. The largest absolute Gasteiger partial charge is 0.506 e. The van der Waals surface area contributed by atoms with E-state index in [1.165, 1.54) is 0 Å². The Hall–Kier alpha value is -2.67. The average Bonchev–Trinajstić information content (AvgIpc) is 3.18. The van der Waals surface area contributed by atoms with E-state index >= 15 is 0 Å². The normalized spacial score (nSPS) is 11.7. The summed E-state index contributed by atoms with van der Waals surface area (Å²) in [5.74, 6) is 0.656. The van der Waals surface area contributed by atoms with Gasteiger partial charge in [-0.3, -0.25) is 4.99 Å². The van der Waals surface area contributed by atoms with Crippen molar-refractivity contribution in [2.75, 3.05) is 0 Å². The molecule has 0 aliphatic heterocycles. The third kappa shape index (κ3) is 3.87. The maximum atomic E-state index is 10.2. The third-order valence-corrected chi connectivity index (χ3v) is 6.27. The van der Waals surface area contributed by atoms with Gasteiger partial charge in [0.2, 0.25) is 5.89 Å². The number of hydrogen-bond donors (Lipinski definition) is 1. The number of aromatic nitrogens is 1. The van der Waals surface area contributed by atoms with E-state index in [4.69, 9.17) is 16.0 Å².